The molecule has 3 rings (SSSR count). The molecule has 1 aromatic heterocycles. The summed E-state index contributed by atoms with van der Waals surface area (Å²) >= 11 is 0. The molecule has 7 heteroatoms. The van der Waals surface area contributed by atoms with E-state index in [2.05, 4.69) is 5.10 Å². The van der Waals surface area contributed by atoms with Crippen molar-refractivity contribution in [2.75, 3.05) is 20.2 Å². The molecule has 0 spiro atoms. The number of amides is 1. The maximum absolute atomic E-state index is 12.3. The summed E-state index contributed by atoms with van der Waals surface area (Å²) in [7, 11) is 1.61. The van der Waals surface area contributed by atoms with Crippen LogP contribution in [0.5, 0.6) is 5.75 Å². The summed E-state index contributed by atoms with van der Waals surface area (Å²) in [5.41, 5.74) is 0.688. The summed E-state index contributed by atoms with van der Waals surface area (Å²) in [6, 6.07) is 7.42. The topological polar surface area (TPSA) is 69.4 Å². The molecule has 0 saturated carbocycles. The van der Waals surface area contributed by atoms with Crippen LogP contribution in [0.2, 0.25) is 0 Å². The van der Waals surface area contributed by atoms with Crippen LogP contribution in [0.15, 0.2) is 29.1 Å². The highest BCUT2D eigenvalue weighted by molar-refractivity contribution is 5.91. The van der Waals surface area contributed by atoms with Crippen molar-refractivity contribution in [3.63, 3.8) is 0 Å². The number of aromatic nitrogens is 3. The Bertz CT molecular complexity index is 745. The minimum atomic E-state index is -0.241. The van der Waals surface area contributed by atoms with Crippen LogP contribution < -0.4 is 10.4 Å². The van der Waals surface area contributed by atoms with Crippen molar-refractivity contribution in [2.24, 2.45) is 0 Å². The highest BCUT2D eigenvalue weighted by Gasteiger charge is 2.28. The van der Waals surface area contributed by atoms with Gasteiger partial charge in [-0.3, -0.25) is 9.36 Å². The quantitative estimate of drug-likeness (QED) is 0.828. The Morgan fingerprint density at radius 1 is 1.18 bits per heavy atom. The average Bonchev–Trinajstić information content (AvgIpc) is 2.86. The Balaban J connectivity index is 1.89. The van der Waals surface area contributed by atoms with Crippen LogP contribution in [0.25, 0.3) is 0 Å². The maximum Gasteiger partial charge on any atom is 0.346 e. The Labute approximate surface area is 127 Å². The highest BCUT2D eigenvalue weighted by Crippen LogP contribution is 2.12. The van der Waals surface area contributed by atoms with Crippen LogP contribution in [0.4, 0.5) is 0 Å². The van der Waals surface area contributed by atoms with Gasteiger partial charge in [-0.15, -0.1) is 5.10 Å². The third-order valence-corrected chi connectivity index (χ3v) is 3.87. The molecular formula is C15H18N4O3. The molecule has 1 aliphatic heterocycles. The number of benzene rings is 1. The number of likely N-dealkylation sites (N-methyl/N-ethyl adjacent to an activating group) is 1. The van der Waals surface area contributed by atoms with E-state index in [1.165, 1.54) is 9.25 Å². The second-order valence-electron chi connectivity index (χ2n) is 5.15. The van der Waals surface area contributed by atoms with Gasteiger partial charge in [0, 0.05) is 19.6 Å². The van der Waals surface area contributed by atoms with Gasteiger partial charge in [-0.2, -0.15) is 0 Å². The summed E-state index contributed by atoms with van der Waals surface area (Å²) in [5.74, 6) is 0.805. The van der Waals surface area contributed by atoms with E-state index in [4.69, 9.17) is 4.74 Å². The van der Waals surface area contributed by atoms with Crippen molar-refractivity contribution in [1.82, 2.24) is 19.2 Å². The van der Waals surface area contributed by atoms with Crippen LogP contribution in [0, 0.1) is 0 Å². The van der Waals surface area contributed by atoms with Crippen LogP contribution in [-0.4, -0.2) is 45.4 Å². The summed E-state index contributed by atoms with van der Waals surface area (Å²) in [5, 5.41) is 4.21. The van der Waals surface area contributed by atoms with E-state index in [0.29, 0.717) is 26.2 Å². The van der Waals surface area contributed by atoms with Crippen LogP contribution in [0.3, 0.4) is 0 Å². The molecule has 7 nitrogen and oxygen atoms in total. The number of nitrogens with zero attached hydrogens (tertiary/aromatic N) is 4. The van der Waals surface area contributed by atoms with Crippen molar-refractivity contribution in [1.29, 1.82) is 0 Å². The minimum absolute atomic E-state index is 0.181. The van der Waals surface area contributed by atoms with E-state index in [1.54, 1.807) is 12.0 Å². The van der Waals surface area contributed by atoms with Gasteiger partial charge in [0.15, 0.2) is 0 Å². The Morgan fingerprint density at radius 3 is 2.55 bits per heavy atom. The zero-order chi connectivity index (χ0) is 15.7. The largest absolute Gasteiger partial charge is 0.497 e. The molecule has 0 bridgehead atoms. The molecule has 0 N–H and O–H groups in total. The van der Waals surface area contributed by atoms with Crippen molar-refractivity contribution in [2.45, 2.75) is 20.0 Å². The van der Waals surface area contributed by atoms with Crippen LogP contribution >= 0.6 is 0 Å². The molecular weight excluding hydrogens is 284 g/mol. The molecule has 1 aliphatic rings. The first-order chi connectivity index (χ1) is 10.6. The normalized spacial score (nSPS) is 14.1. The van der Waals surface area contributed by atoms with Gasteiger partial charge in [0.05, 0.1) is 13.7 Å². The standard InChI is InChI=1S/C15H18N4O3/c1-3-17-8-9-18-13(14(17)20)16-19(15(18)21)10-11-4-6-12(22-2)7-5-11/h4-7H,3,8-10H2,1-2H3. The van der Waals surface area contributed by atoms with Gasteiger partial charge in [-0.05, 0) is 24.6 Å². The van der Waals surface area contributed by atoms with Gasteiger partial charge >= 0.3 is 5.69 Å². The lowest BCUT2D eigenvalue weighted by Crippen LogP contribution is -2.42. The fourth-order valence-corrected chi connectivity index (χ4v) is 2.57. The number of carbonyl (C=O) groups is 1. The van der Waals surface area contributed by atoms with E-state index in [-0.39, 0.29) is 17.4 Å². The lowest BCUT2D eigenvalue weighted by molar-refractivity contribution is 0.0705. The monoisotopic (exact) mass is 302 g/mol. The second kappa shape index (κ2) is 5.67. The molecule has 0 unspecified atom stereocenters. The fourth-order valence-electron chi connectivity index (χ4n) is 2.57. The Morgan fingerprint density at radius 2 is 1.91 bits per heavy atom. The van der Waals surface area contributed by atoms with Crippen molar-refractivity contribution < 1.29 is 9.53 Å². The van der Waals surface area contributed by atoms with Gasteiger partial charge in [-0.1, -0.05) is 12.1 Å². The fraction of sp³-hybridized carbons (Fsp3) is 0.400. The predicted octanol–water partition coefficient (Wildman–Crippen LogP) is 0.577. The smallest absolute Gasteiger partial charge is 0.346 e. The van der Waals surface area contributed by atoms with Gasteiger partial charge < -0.3 is 9.64 Å². The Hall–Kier alpha value is -2.57. The third kappa shape index (κ3) is 2.38. The summed E-state index contributed by atoms with van der Waals surface area (Å²) in [4.78, 5) is 26.3. The summed E-state index contributed by atoms with van der Waals surface area (Å²) < 4.78 is 7.91. The number of hydrogen-bond donors (Lipinski definition) is 0. The Kier molecular flexibility index (Phi) is 3.70. The number of ether oxygens (including phenoxy) is 1. The molecule has 1 aromatic carbocycles. The average molecular weight is 302 g/mol. The highest BCUT2D eigenvalue weighted by atomic mass is 16.5. The molecule has 1 amide bonds. The van der Waals surface area contributed by atoms with E-state index in [9.17, 15) is 9.59 Å². The van der Waals surface area contributed by atoms with Gasteiger partial charge in [0.1, 0.15) is 5.75 Å². The number of methoxy groups -OCH3 is 1. The lowest BCUT2D eigenvalue weighted by atomic mass is 10.2. The first-order valence-electron chi connectivity index (χ1n) is 7.24. The minimum Gasteiger partial charge on any atom is -0.497 e. The van der Waals surface area contributed by atoms with Gasteiger partial charge in [0.25, 0.3) is 5.91 Å². The summed E-state index contributed by atoms with van der Waals surface area (Å²) in [6.07, 6.45) is 0. The first-order valence-corrected chi connectivity index (χ1v) is 7.24. The molecule has 2 aromatic rings. The van der Waals surface area contributed by atoms with E-state index >= 15 is 0 Å². The SMILES string of the molecule is CCN1CCn2c(nn(Cc3ccc(OC)cc3)c2=O)C1=O. The van der Waals surface area contributed by atoms with Crippen LogP contribution in [0.1, 0.15) is 23.1 Å². The number of fused-ring (bicyclic) bond motifs is 1. The molecule has 0 radical (unpaired) electrons. The van der Waals surface area contributed by atoms with Crippen molar-refractivity contribution in [3.05, 3.63) is 46.1 Å². The van der Waals surface area contributed by atoms with E-state index in [0.717, 1.165) is 11.3 Å². The second-order valence-corrected chi connectivity index (χ2v) is 5.15. The van der Waals surface area contributed by atoms with Gasteiger partial charge in [0.2, 0.25) is 5.82 Å². The molecule has 0 aliphatic carbocycles. The van der Waals surface area contributed by atoms with Crippen LogP contribution in [-0.2, 0) is 13.1 Å². The van der Waals surface area contributed by atoms with Crippen molar-refractivity contribution >= 4 is 5.91 Å². The van der Waals surface area contributed by atoms with Crippen molar-refractivity contribution in [3.8, 4) is 5.75 Å². The number of hydrogen-bond acceptors (Lipinski definition) is 4. The zero-order valence-electron chi connectivity index (χ0n) is 12.7. The van der Waals surface area contributed by atoms with E-state index < -0.39 is 0 Å². The number of carbonyl (C=O) groups excluding carboxylic acids is 1. The third-order valence-electron chi connectivity index (χ3n) is 3.87. The molecule has 0 saturated heterocycles. The molecule has 0 fully saturated rings. The molecule has 0 atom stereocenters. The zero-order valence-corrected chi connectivity index (χ0v) is 12.7. The predicted molar refractivity (Wildman–Crippen MR) is 80.2 cm³/mol. The molecule has 2 heterocycles. The summed E-state index contributed by atoms with van der Waals surface area (Å²) in [6.45, 7) is 3.92. The molecule has 116 valence electrons. The number of rotatable bonds is 4. The maximum atomic E-state index is 12.3. The van der Waals surface area contributed by atoms with E-state index in [1.807, 2.05) is 31.2 Å². The first kappa shape index (κ1) is 14.4. The van der Waals surface area contributed by atoms with Gasteiger partial charge in [-0.25, -0.2) is 9.48 Å². The lowest BCUT2D eigenvalue weighted by Gasteiger charge is -2.24. The molecule has 22 heavy (non-hydrogen) atoms.